The number of amides is 1. The van der Waals surface area contributed by atoms with Crippen molar-refractivity contribution in [1.29, 1.82) is 0 Å². The summed E-state index contributed by atoms with van der Waals surface area (Å²) in [6, 6.07) is 3.49. The second kappa shape index (κ2) is 5.97. The second-order valence-corrected chi connectivity index (χ2v) is 4.89. The molecule has 6 heteroatoms. The van der Waals surface area contributed by atoms with Gasteiger partial charge in [0.15, 0.2) is 11.5 Å². The fraction of sp³-hybridized carbons (Fsp3) is 0.615. The molecule has 6 nitrogen and oxygen atoms in total. The summed E-state index contributed by atoms with van der Waals surface area (Å²) in [4.78, 5) is 13.3. The Kier molecular flexibility index (Phi) is 4.31. The van der Waals surface area contributed by atoms with E-state index in [4.69, 9.17) is 0 Å². The lowest BCUT2D eigenvalue weighted by molar-refractivity contribution is 0.0956. The van der Waals surface area contributed by atoms with Crippen molar-refractivity contribution in [3.63, 3.8) is 0 Å². The Labute approximate surface area is 112 Å². The fourth-order valence-electron chi connectivity index (χ4n) is 2.48. The first kappa shape index (κ1) is 13.7. The van der Waals surface area contributed by atoms with Crippen LogP contribution >= 0.6 is 0 Å². The maximum atomic E-state index is 11.4. The molecule has 1 heterocycles. The molecule has 0 aromatic carbocycles. The summed E-state index contributed by atoms with van der Waals surface area (Å²) in [6.45, 7) is 0. The van der Waals surface area contributed by atoms with Gasteiger partial charge in [-0.2, -0.15) is 0 Å². The lowest BCUT2D eigenvalue weighted by atomic mass is 9.91. The Morgan fingerprint density at radius 3 is 2.68 bits per heavy atom. The van der Waals surface area contributed by atoms with E-state index in [1.54, 1.807) is 19.2 Å². The van der Waals surface area contributed by atoms with E-state index in [0.717, 1.165) is 25.7 Å². The molecule has 2 unspecified atom stereocenters. The van der Waals surface area contributed by atoms with Gasteiger partial charge in [-0.05, 0) is 25.0 Å². The number of rotatable bonds is 3. The number of carbonyl (C=O) groups is 1. The molecule has 2 N–H and O–H groups in total. The quantitative estimate of drug-likeness (QED) is 0.834. The first-order valence-corrected chi connectivity index (χ1v) is 6.60. The monoisotopic (exact) mass is 264 g/mol. The average molecular weight is 264 g/mol. The summed E-state index contributed by atoms with van der Waals surface area (Å²) in [7, 11) is 3.46. The van der Waals surface area contributed by atoms with Gasteiger partial charge in [0.25, 0.3) is 5.91 Å². The van der Waals surface area contributed by atoms with E-state index < -0.39 is 0 Å². The van der Waals surface area contributed by atoms with Gasteiger partial charge in [-0.25, -0.2) is 0 Å². The van der Waals surface area contributed by atoms with Gasteiger partial charge in [0, 0.05) is 14.1 Å². The van der Waals surface area contributed by atoms with Crippen molar-refractivity contribution in [3.8, 4) is 0 Å². The lowest BCUT2D eigenvalue weighted by Gasteiger charge is -2.35. The van der Waals surface area contributed by atoms with E-state index in [1.807, 2.05) is 11.9 Å². The number of carbonyl (C=O) groups excluding carboxylic acids is 1. The molecule has 0 radical (unpaired) electrons. The third-order valence-electron chi connectivity index (χ3n) is 3.66. The smallest absolute Gasteiger partial charge is 0.271 e. The number of hydrogen-bond donors (Lipinski definition) is 2. The minimum Gasteiger partial charge on any atom is -0.391 e. The van der Waals surface area contributed by atoms with Crippen LogP contribution in [0.2, 0.25) is 0 Å². The van der Waals surface area contributed by atoms with Crippen LogP contribution in [0.5, 0.6) is 0 Å². The Bertz CT molecular complexity index is 435. The molecule has 0 spiro atoms. The SMILES string of the molecule is CNC(=O)c1ccc(N(C)C2CCCCC2O)nn1. The molecule has 19 heavy (non-hydrogen) atoms. The molecular weight excluding hydrogens is 244 g/mol. The highest BCUT2D eigenvalue weighted by Crippen LogP contribution is 2.25. The van der Waals surface area contributed by atoms with Gasteiger partial charge in [-0.15, -0.1) is 10.2 Å². The minimum atomic E-state index is -0.320. The molecule has 1 aromatic rings. The fourth-order valence-corrected chi connectivity index (χ4v) is 2.48. The summed E-state index contributed by atoms with van der Waals surface area (Å²) in [5.74, 6) is 0.429. The van der Waals surface area contributed by atoms with E-state index in [2.05, 4.69) is 15.5 Å². The second-order valence-electron chi connectivity index (χ2n) is 4.89. The summed E-state index contributed by atoms with van der Waals surface area (Å²) in [5, 5.41) is 20.5. The Hall–Kier alpha value is -1.69. The highest BCUT2D eigenvalue weighted by atomic mass is 16.3. The lowest BCUT2D eigenvalue weighted by Crippen LogP contribution is -2.44. The van der Waals surface area contributed by atoms with Gasteiger partial charge in [0.1, 0.15) is 0 Å². The molecule has 1 fully saturated rings. The van der Waals surface area contributed by atoms with Crippen LogP contribution in [-0.4, -0.2) is 47.5 Å². The van der Waals surface area contributed by atoms with Gasteiger partial charge in [0.05, 0.1) is 12.1 Å². The molecular formula is C13H20N4O2. The molecule has 1 amide bonds. The minimum absolute atomic E-state index is 0.0777. The summed E-state index contributed by atoms with van der Waals surface area (Å²) in [5.41, 5.74) is 0.295. The van der Waals surface area contributed by atoms with Crippen LogP contribution in [0.3, 0.4) is 0 Å². The van der Waals surface area contributed by atoms with Crippen molar-refractivity contribution in [2.75, 3.05) is 19.0 Å². The molecule has 2 atom stereocenters. The number of aliphatic hydroxyl groups is 1. The molecule has 0 bridgehead atoms. The molecule has 0 aliphatic heterocycles. The number of anilines is 1. The van der Waals surface area contributed by atoms with Gasteiger partial charge >= 0.3 is 0 Å². The average Bonchev–Trinajstić information content (AvgIpc) is 2.46. The molecule has 0 saturated heterocycles. The van der Waals surface area contributed by atoms with Crippen LogP contribution in [0.1, 0.15) is 36.2 Å². The Balaban J connectivity index is 2.10. The zero-order valence-corrected chi connectivity index (χ0v) is 11.3. The number of aliphatic hydroxyl groups excluding tert-OH is 1. The first-order valence-electron chi connectivity index (χ1n) is 6.60. The molecule has 1 aliphatic rings. The van der Waals surface area contributed by atoms with E-state index >= 15 is 0 Å². The number of likely N-dealkylation sites (N-methyl/N-ethyl adjacent to an activating group) is 1. The highest BCUT2D eigenvalue weighted by molar-refractivity contribution is 5.91. The van der Waals surface area contributed by atoms with Crippen LogP contribution in [0.25, 0.3) is 0 Å². The van der Waals surface area contributed by atoms with E-state index in [1.165, 1.54) is 0 Å². The molecule has 1 saturated carbocycles. The van der Waals surface area contributed by atoms with Crippen molar-refractivity contribution in [2.24, 2.45) is 0 Å². The predicted octanol–water partition coefficient (Wildman–Crippen LogP) is 0.576. The van der Waals surface area contributed by atoms with Crippen LogP contribution in [-0.2, 0) is 0 Å². The Morgan fingerprint density at radius 2 is 2.11 bits per heavy atom. The van der Waals surface area contributed by atoms with Crippen molar-refractivity contribution in [2.45, 2.75) is 37.8 Å². The zero-order chi connectivity index (χ0) is 13.8. The zero-order valence-electron chi connectivity index (χ0n) is 11.3. The summed E-state index contributed by atoms with van der Waals surface area (Å²) in [6.07, 6.45) is 3.66. The molecule has 104 valence electrons. The standard InChI is InChI=1S/C13H20N4O2/c1-14-13(19)9-7-8-12(16-15-9)17(2)10-5-3-4-6-11(10)18/h7-8,10-11,18H,3-6H2,1-2H3,(H,14,19). The van der Waals surface area contributed by atoms with Crippen molar-refractivity contribution in [1.82, 2.24) is 15.5 Å². The van der Waals surface area contributed by atoms with Crippen molar-refractivity contribution < 1.29 is 9.90 Å². The van der Waals surface area contributed by atoms with Crippen LogP contribution < -0.4 is 10.2 Å². The third kappa shape index (κ3) is 3.01. The maximum absolute atomic E-state index is 11.4. The maximum Gasteiger partial charge on any atom is 0.271 e. The van der Waals surface area contributed by atoms with Gasteiger partial charge < -0.3 is 15.3 Å². The topological polar surface area (TPSA) is 78.4 Å². The van der Waals surface area contributed by atoms with Gasteiger partial charge in [-0.1, -0.05) is 12.8 Å². The summed E-state index contributed by atoms with van der Waals surface area (Å²) < 4.78 is 0. The van der Waals surface area contributed by atoms with E-state index in [9.17, 15) is 9.90 Å². The number of nitrogens with one attached hydrogen (secondary N) is 1. The van der Waals surface area contributed by atoms with Crippen LogP contribution in [0.4, 0.5) is 5.82 Å². The summed E-state index contributed by atoms with van der Waals surface area (Å²) >= 11 is 0. The molecule has 1 aromatic heterocycles. The predicted molar refractivity (Wildman–Crippen MR) is 72.1 cm³/mol. The number of aromatic nitrogens is 2. The number of hydrogen-bond acceptors (Lipinski definition) is 5. The highest BCUT2D eigenvalue weighted by Gasteiger charge is 2.27. The van der Waals surface area contributed by atoms with Crippen LogP contribution in [0, 0.1) is 0 Å². The third-order valence-corrected chi connectivity index (χ3v) is 3.66. The normalized spacial score (nSPS) is 22.9. The molecule has 1 aliphatic carbocycles. The van der Waals surface area contributed by atoms with Crippen molar-refractivity contribution >= 4 is 11.7 Å². The Morgan fingerprint density at radius 1 is 1.37 bits per heavy atom. The van der Waals surface area contributed by atoms with Gasteiger partial charge in [-0.3, -0.25) is 4.79 Å². The van der Waals surface area contributed by atoms with Gasteiger partial charge in [0.2, 0.25) is 0 Å². The van der Waals surface area contributed by atoms with Crippen molar-refractivity contribution in [3.05, 3.63) is 17.8 Å². The largest absolute Gasteiger partial charge is 0.391 e. The first-order chi connectivity index (χ1) is 9.13. The van der Waals surface area contributed by atoms with E-state index in [0.29, 0.717) is 11.5 Å². The van der Waals surface area contributed by atoms with Crippen LogP contribution in [0.15, 0.2) is 12.1 Å². The molecule has 2 rings (SSSR count). The van der Waals surface area contributed by atoms with E-state index in [-0.39, 0.29) is 18.1 Å². The number of nitrogens with zero attached hydrogens (tertiary/aromatic N) is 3.